The second-order valence-electron chi connectivity index (χ2n) is 9.07. The molecule has 0 aromatic heterocycles. The van der Waals surface area contributed by atoms with Crippen molar-refractivity contribution in [3.8, 4) is 5.75 Å². The Bertz CT molecular complexity index is 1170. The molecule has 1 aliphatic carbocycles. The Balaban J connectivity index is 1.90. The molecule has 1 aliphatic rings. The van der Waals surface area contributed by atoms with Gasteiger partial charge in [-0.3, -0.25) is 13.9 Å². The van der Waals surface area contributed by atoms with Crippen LogP contribution in [0.25, 0.3) is 0 Å². The summed E-state index contributed by atoms with van der Waals surface area (Å²) in [5, 5.41) is 3.53. The van der Waals surface area contributed by atoms with Crippen molar-refractivity contribution in [1.82, 2.24) is 10.2 Å². The maximum absolute atomic E-state index is 13.7. The highest BCUT2D eigenvalue weighted by Crippen LogP contribution is 2.30. The molecule has 10 heteroatoms. The Labute approximate surface area is 218 Å². The lowest BCUT2D eigenvalue weighted by Crippen LogP contribution is -2.53. The smallest absolute Gasteiger partial charge is 0.244 e. The molecule has 0 radical (unpaired) electrons. The largest absolute Gasteiger partial charge is 0.495 e. The zero-order chi connectivity index (χ0) is 26.3. The molecule has 2 aromatic carbocycles. The van der Waals surface area contributed by atoms with Crippen LogP contribution in [0.1, 0.15) is 44.6 Å². The minimum absolute atomic E-state index is 0.0568. The van der Waals surface area contributed by atoms with Crippen LogP contribution in [0.2, 0.25) is 5.02 Å². The van der Waals surface area contributed by atoms with Crippen LogP contribution in [0, 0.1) is 0 Å². The van der Waals surface area contributed by atoms with Crippen LogP contribution in [0.15, 0.2) is 48.5 Å². The van der Waals surface area contributed by atoms with E-state index in [4.69, 9.17) is 16.3 Å². The Morgan fingerprint density at radius 1 is 1.08 bits per heavy atom. The molecular weight excluding hydrogens is 502 g/mol. The predicted molar refractivity (Wildman–Crippen MR) is 142 cm³/mol. The van der Waals surface area contributed by atoms with Gasteiger partial charge in [-0.1, -0.05) is 61.2 Å². The Hall–Kier alpha value is -2.78. The van der Waals surface area contributed by atoms with Crippen molar-refractivity contribution in [2.45, 2.75) is 57.7 Å². The van der Waals surface area contributed by atoms with Gasteiger partial charge in [0.05, 0.1) is 19.1 Å². The number of carbonyl (C=O) groups excluding carboxylic acids is 2. The number of para-hydroxylation sites is 2. The van der Waals surface area contributed by atoms with Crippen molar-refractivity contribution in [3.63, 3.8) is 0 Å². The zero-order valence-corrected chi connectivity index (χ0v) is 22.5. The molecule has 1 N–H and O–H groups in total. The minimum atomic E-state index is -3.85. The minimum Gasteiger partial charge on any atom is -0.495 e. The highest BCUT2D eigenvalue weighted by Gasteiger charge is 2.32. The van der Waals surface area contributed by atoms with E-state index in [2.05, 4.69) is 5.32 Å². The van der Waals surface area contributed by atoms with Crippen LogP contribution in [0.3, 0.4) is 0 Å². The Morgan fingerprint density at radius 2 is 1.72 bits per heavy atom. The summed E-state index contributed by atoms with van der Waals surface area (Å²) in [5.74, 6) is -0.487. The first-order valence-electron chi connectivity index (χ1n) is 12.1. The predicted octanol–water partition coefficient (Wildman–Crippen LogP) is 3.98. The lowest BCUT2D eigenvalue weighted by Gasteiger charge is -2.33. The summed E-state index contributed by atoms with van der Waals surface area (Å²) in [4.78, 5) is 28.3. The van der Waals surface area contributed by atoms with Gasteiger partial charge < -0.3 is 15.0 Å². The monoisotopic (exact) mass is 535 g/mol. The molecular formula is C26H34ClN3O5S. The standard InChI is InChI=1S/C26H34ClN3O5S/c1-19(26(32)28-21-12-5-4-6-13-21)29(17-20-11-7-8-14-22(20)27)25(31)18-30(36(3,33)34)23-15-9-10-16-24(23)35-2/h7-11,14-16,19,21H,4-6,12-13,17-18H2,1-3H3,(H,28,32)/t19-/m0/s1. The quantitative estimate of drug-likeness (QED) is 0.496. The molecule has 0 heterocycles. The summed E-state index contributed by atoms with van der Waals surface area (Å²) < 4.78 is 31.8. The summed E-state index contributed by atoms with van der Waals surface area (Å²) >= 11 is 6.37. The van der Waals surface area contributed by atoms with Crippen LogP contribution in [0.5, 0.6) is 5.75 Å². The second-order valence-corrected chi connectivity index (χ2v) is 11.4. The summed E-state index contributed by atoms with van der Waals surface area (Å²) in [6.07, 6.45) is 6.13. The van der Waals surface area contributed by atoms with E-state index in [1.54, 1.807) is 55.5 Å². The normalized spacial score (nSPS) is 15.1. The number of rotatable bonds is 10. The van der Waals surface area contributed by atoms with E-state index >= 15 is 0 Å². The summed E-state index contributed by atoms with van der Waals surface area (Å²) in [7, 11) is -2.42. The fraction of sp³-hybridized carbons (Fsp3) is 0.462. The first-order chi connectivity index (χ1) is 17.1. The fourth-order valence-corrected chi connectivity index (χ4v) is 5.44. The van der Waals surface area contributed by atoms with Gasteiger partial charge in [0, 0.05) is 17.6 Å². The number of anilines is 1. The van der Waals surface area contributed by atoms with Crippen LogP contribution in [-0.4, -0.2) is 57.1 Å². The number of hydrogen-bond donors (Lipinski definition) is 1. The van der Waals surface area contributed by atoms with Gasteiger partial charge >= 0.3 is 0 Å². The summed E-state index contributed by atoms with van der Waals surface area (Å²) in [6, 6.07) is 12.9. The Morgan fingerprint density at radius 3 is 2.36 bits per heavy atom. The van der Waals surface area contributed by atoms with Crippen LogP contribution >= 0.6 is 11.6 Å². The highest BCUT2D eigenvalue weighted by molar-refractivity contribution is 7.92. The SMILES string of the molecule is COc1ccccc1N(CC(=O)N(Cc1ccccc1Cl)[C@@H](C)C(=O)NC1CCCCC1)S(C)(=O)=O. The van der Waals surface area contributed by atoms with Gasteiger partial charge in [0.15, 0.2) is 0 Å². The first kappa shape index (κ1) is 27.8. The third-order valence-electron chi connectivity index (χ3n) is 6.45. The first-order valence-corrected chi connectivity index (χ1v) is 14.3. The molecule has 196 valence electrons. The van der Waals surface area contributed by atoms with E-state index in [0.29, 0.717) is 16.3 Å². The summed E-state index contributed by atoms with van der Waals surface area (Å²) in [6.45, 7) is 1.22. The molecule has 0 aliphatic heterocycles. The lowest BCUT2D eigenvalue weighted by atomic mass is 9.95. The third-order valence-corrected chi connectivity index (χ3v) is 7.95. The fourth-order valence-electron chi connectivity index (χ4n) is 4.39. The van der Waals surface area contributed by atoms with E-state index in [-0.39, 0.29) is 24.2 Å². The molecule has 0 unspecified atom stereocenters. The molecule has 1 fully saturated rings. The molecule has 2 aromatic rings. The van der Waals surface area contributed by atoms with Crippen molar-refractivity contribution in [2.24, 2.45) is 0 Å². The number of halogens is 1. The molecule has 2 amide bonds. The average molecular weight is 536 g/mol. The number of carbonyl (C=O) groups is 2. The van der Waals surface area contributed by atoms with Crippen LogP contribution in [-0.2, 0) is 26.2 Å². The highest BCUT2D eigenvalue weighted by atomic mass is 35.5. The van der Waals surface area contributed by atoms with Crippen molar-refractivity contribution in [1.29, 1.82) is 0 Å². The topological polar surface area (TPSA) is 96.0 Å². The van der Waals surface area contributed by atoms with Crippen molar-refractivity contribution >= 4 is 39.1 Å². The lowest BCUT2D eigenvalue weighted by molar-refractivity contribution is -0.139. The Kier molecular flexibility index (Phi) is 9.62. The molecule has 0 spiro atoms. The maximum Gasteiger partial charge on any atom is 0.244 e. The molecule has 0 bridgehead atoms. The van der Waals surface area contributed by atoms with Crippen molar-refractivity contribution in [2.75, 3.05) is 24.2 Å². The number of benzene rings is 2. The average Bonchev–Trinajstić information content (AvgIpc) is 2.86. The van der Waals surface area contributed by atoms with E-state index in [1.165, 1.54) is 12.0 Å². The number of amides is 2. The molecule has 0 saturated heterocycles. The molecule has 1 saturated carbocycles. The number of methoxy groups -OCH3 is 1. The van der Waals surface area contributed by atoms with Gasteiger partial charge in [-0.2, -0.15) is 0 Å². The number of nitrogens with one attached hydrogen (secondary N) is 1. The maximum atomic E-state index is 13.7. The van der Waals surface area contributed by atoms with Crippen LogP contribution < -0.4 is 14.4 Å². The molecule has 36 heavy (non-hydrogen) atoms. The molecule has 1 atom stereocenters. The van der Waals surface area contributed by atoms with Gasteiger partial charge in [0.1, 0.15) is 18.3 Å². The van der Waals surface area contributed by atoms with Gasteiger partial charge in [0.2, 0.25) is 21.8 Å². The van der Waals surface area contributed by atoms with Crippen molar-refractivity contribution < 1.29 is 22.7 Å². The van der Waals surface area contributed by atoms with Gasteiger partial charge in [-0.05, 0) is 43.5 Å². The number of nitrogens with zero attached hydrogens (tertiary/aromatic N) is 2. The van der Waals surface area contributed by atoms with Crippen LogP contribution in [0.4, 0.5) is 5.69 Å². The van der Waals surface area contributed by atoms with E-state index in [1.807, 2.05) is 0 Å². The second kappa shape index (κ2) is 12.5. The van der Waals surface area contributed by atoms with Gasteiger partial charge in [0.25, 0.3) is 0 Å². The summed E-state index contributed by atoms with van der Waals surface area (Å²) in [5.41, 5.74) is 0.904. The van der Waals surface area contributed by atoms with E-state index < -0.39 is 28.5 Å². The zero-order valence-electron chi connectivity index (χ0n) is 20.9. The molecule has 8 nitrogen and oxygen atoms in total. The van der Waals surface area contributed by atoms with Crippen molar-refractivity contribution in [3.05, 3.63) is 59.1 Å². The van der Waals surface area contributed by atoms with E-state index in [0.717, 1.165) is 42.7 Å². The van der Waals surface area contributed by atoms with E-state index in [9.17, 15) is 18.0 Å². The van der Waals surface area contributed by atoms with Gasteiger partial charge in [-0.25, -0.2) is 8.42 Å². The number of sulfonamides is 1. The number of hydrogen-bond acceptors (Lipinski definition) is 5. The number of ether oxygens (including phenoxy) is 1. The molecule has 3 rings (SSSR count). The van der Waals surface area contributed by atoms with Gasteiger partial charge in [-0.15, -0.1) is 0 Å². The third kappa shape index (κ3) is 7.13.